The summed E-state index contributed by atoms with van der Waals surface area (Å²) in [5.41, 5.74) is 7.05. The second kappa shape index (κ2) is 6.56. The lowest BCUT2D eigenvalue weighted by atomic mass is 10.1. The highest BCUT2D eigenvalue weighted by Crippen LogP contribution is 2.28. The minimum atomic E-state index is -0.469. The molecule has 0 aromatic heterocycles. The summed E-state index contributed by atoms with van der Waals surface area (Å²) in [7, 11) is 0. The van der Waals surface area contributed by atoms with Gasteiger partial charge in [-0.05, 0) is 30.7 Å². The number of hydrogen-bond acceptors (Lipinski definition) is 4. The number of ether oxygens (including phenoxy) is 1. The van der Waals surface area contributed by atoms with Crippen LogP contribution in [0.3, 0.4) is 0 Å². The number of benzene rings is 2. The van der Waals surface area contributed by atoms with Crippen LogP contribution >= 0.6 is 11.6 Å². The van der Waals surface area contributed by atoms with Gasteiger partial charge in [-0.1, -0.05) is 29.8 Å². The predicted molar refractivity (Wildman–Crippen MR) is 81.5 cm³/mol. The van der Waals surface area contributed by atoms with Crippen molar-refractivity contribution >= 4 is 17.3 Å². The molecule has 0 heterocycles. The standard InChI is InChI=1S/C15H15ClN2O3/c1-10(17)11-4-2-5-12(8-11)21-9-13-14(16)6-3-7-15(13)18(19)20/h2-8,10H,9,17H2,1H3/t10-/m0/s1. The zero-order valence-corrected chi connectivity index (χ0v) is 12.2. The third kappa shape index (κ3) is 3.71. The maximum absolute atomic E-state index is 11.0. The van der Waals surface area contributed by atoms with Gasteiger partial charge in [0.15, 0.2) is 0 Å². The maximum Gasteiger partial charge on any atom is 0.277 e. The predicted octanol–water partition coefficient (Wildman–Crippen LogP) is 3.85. The van der Waals surface area contributed by atoms with Crippen LogP contribution in [0.15, 0.2) is 42.5 Å². The third-order valence-electron chi connectivity index (χ3n) is 3.06. The largest absolute Gasteiger partial charge is 0.489 e. The zero-order valence-electron chi connectivity index (χ0n) is 11.5. The van der Waals surface area contributed by atoms with Gasteiger partial charge in [-0.3, -0.25) is 10.1 Å². The Labute approximate surface area is 127 Å². The molecule has 0 aliphatic heterocycles. The van der Waals surface area contributed by atoms with Crippen LogP contribution in [0.4, 0.5) is 5.69 Å². The third-order valence-corrected chi connectivity index (χ3v) is 3.41. The molecule has 1 atom stereocenters. The summed E-state index contributed by atoms with van der Waals surface area (Å²) >= 11 is 6.02. The van der Waals surface area contributed by atoms with Crippen LogP contribution in [0.2, 0.25) is 5.02 Å². The van der Waals surface area contributed by atoms with Crippen LogP contribution in [0.1, 0.15) is 24.1 Å². The van der Waals surface area contributed by atoms with Gasteiger partial charge in [0.2, 0.25) is 0 Å². The summed E-state index contributed by atoms with van der Waals surface area (Å²) in [5, 5.41) is 11.3. The fourth-order valence-corrected chi connectivity index (χ4v) is 2.13. The minimum Gasteiger partial charge on any atom is -0.489 e. The molecule has 5 nitrogen and oxygen atoms in total. The summed E-state index contributed by atoms with van der Waals surface area (Å²) in [6.45, 7) is 1.90. The van der Waals surface area contributed by atoms with E-state index in [1.807, 2.05) is 25.1 Å². The van der Waals surface area contributed by atoms with Crippen molar-refractivity contribution < 1.29 is 9.66 Å². The molecule has 2 rings (SSSR count). The van der Waals surface area contributed by atoms with Crippen molar-refractivity contribution in [2.24, 2.45) is 5.73 Å². The molecule has 2 N–H and O–H groups in total. The van der Waals surface area contributed by atoms with E-state index in [2.05, 4.69) is 0 Å². The molecule has 2 aromatic rings. The first-order chi connectivity index (χ1) is 9.99. The first-order valence-corrected chi connectivity index (χ1v) is 6.77. The molecule has 110 valence electrons. The normalized spacial score (nSPS) is 12.0. The molecule has 0 spiro atoms. The van der Waals surface area contributed by atoms with E-state index in [0.29, 0.717) is 16.3 Å². The molecule has 0 fully saturated rings. The highest BCUT2D eigenvalue weighted by atomic mass is 35.5. The number of halogens is 1. The average molecular weight is 307 g/mol. The van der Waals surface area contributed by atoms with Crippen molar-refractivity contribution in [3.05, 3.63) is 68.7 Å². The smallest absolute Gasteiger partial charge is 0.277 e. The van der Waals surface area contributed by atoms with Crippen molar-refractivity contribution in [2.75, 3.05) is 0 Å². The van der Waals surface area contributed by atoms with Gasteiger partial charge in [0.25, 0.3) is 5.69 Å². The van der Waals surface area contributed by atoms with Gasteiger partial charge in [-0.25, -0.2) is 0 Å². The summed E-state index contributed by atoms with van der Waals surface area (Å²) in [4.78, 5) is 10.5. The first-order valence-electron chi connectivity index (χ1n) is 6.39. The van der Waals surface area contributed by atoms with Crippen molar-refractivity contribution in [3.8, 4) is 5.75 Å². The molecule has 0 bridgehead atoms. The summed E-state index contributed by atoms with van der Waals surface area (Å²) in [5.74, 6) is 0.596. The maximum atomic E-state index is 11.0. The molecular weight excluding hydrogens is 292 g/mol. The summed E-state index contributed by atoms with van der Waals surface area (Å²) < 4.78 is 5.61. The number of nitrogens with zero attached hydrogens (tertiary/aromatic N) is 1. The van der Waals surface area contributed by atoms with E-state index in [1.54, 1.807) is 18.2 Å². The number of rotatable bonds is 5. The highest BCUT2D eigenvalue weighted by Gasteiger charge is 2.17. The molecule has 0 saturated heterocycles. The van der Waals surface area contributed by atoms with Gasteiger partial charge < -0.3 is 10.5 Å². The molecule has 0 aliphatic carbocycles. The molecular formula is C15H15ClN2O3. The Bertz CT molecular complexity index is 659. The Kier molecular flexibility index (Phi) is 4.77. The molecule has 0 unspecified atom stereocenters. The Morgan fingerprint density at radius 3 is 2.71 bits per heavy atom. The molecule has 2 aromatic carbocycles. The van der Waals surface area contributed by atoms with Crippen LogP contribution in [-0.4, -0.2) is 4.92 Å². The Hall–Kier alpha value is -2.11. The van der Waals surface area contributed by atoms with Gasteiger partial charge in [0.1, 0.15) is 12.4 Å². The minimum absolute atomic E-state index is 0.0262. The van der Waals surface area contributed by atoms with Crippen molar-refractivity contribution in [3.63, 3.8) is 0 Å². The van der Waals surface area contributed by atoms with E-state index in [4.69, 9.17) is 22.1 Å². The van der Waals surface area contributed by atoms with Crippen LogP contribution < -0.4 is 10.5 Å². The Balaban J connectivity index is 2.21. The number of hydrogen-bond donors (Lipinski definition) is 1. The molecule has 0 amide bonds. The van der Waals surface area contributed by atoms with Crippen molar-refractivity contribution in [2.45, 2.75) is 19.6 Å². The van der Waals surface area contributed by atoms with E-state index >= 15 is 0 Å². The summed E-state index contributed by atoms with van der Waals surface area (Å²) in [6.07, 6.45) is 0. The Morgan fingerprint density at radius 2 is 2.05 bits per heavy atom. The van der Waals surface area contributed by atoms with E-state index in [1.165, 1.54) is 6.07 Å². The molecule has 0 radical (unpaired) electrons. The van der Waals surface area contributed by atoms with Crippen LogP contribution in [-0.2, 0) is 6.61 Å². The molecule has 0 saturated carbocycles. The first kappa shape index (κ1) is 15.3. The van der Waals surface area contributed by atoms with Crippen molar-refractivity contribution in [1.82, 2.24) is 0 Å². The molecule has 6 heteroatoms. The van der Waals surface area contributed by atoms with E-state index < -0.39 is 4.92 Å². The fourth-order valence-electron chi connectivity index (χ4n) is 1.90. The van der Waals surface area contributed by atoms with E-state index in [0.717, 1.165) is 5.56 Å². The fraction of sp³-hybridized carbons (Fsp3) is 0.200. The number of nitro benzene ring substituents is 1. The number of nitro groups is 1. The lowest BCUT2D eigenvalue weighted by molar-refractivity contribution is -0.385. The topological polar surface area (TPSA) is 78.4 Å². The lowest BCUT2D eigenvalue weighted by Gasteiger charge is -2.11. The van der Waals surface area contributed by atoms with E-state index in [-0.39, 0.29) is 18.3 Å². The monoisotopic (exact) mass is 306 g/mol. The van der Waals surface area contributed by atoms with Gasteiger partial charge in [-0.2, -0.15) is 0 Å². The lowest BCUT2D eigenvalue weighted by Crippen LogP contribution is -2.05. The van der Waals surface area contributed by atoms with Gasteiger partial charge in [-0.15, -0.1) is 0 Å². The van der Waals surface area contributed by atoms with Crippen LogP contribution in [0, 0.1) is 10.1 Å². The second-order valence-electron chi connectivity index (χ2n) is 4.64. The Morgan fingerprint density at radius 1 is 1.33 bits per heavy atom. The molecule has 0 aliphatic rings. The average Bonchev–Trinajstić information content (AvgIpc) is 2.46. The second-order valence-corrected chi connectivity index (χ2v) is 5.05. The quantitative estimate of drug-likeness (QED) is 0.672. The highest BCUT2D eigenvalue weighted by molar-refractivity contribution is 6.31. The number of nitrogens with two attached hydrogens (primary N) is 1. The van der Waals surface area contributed by atoms with Gasteiger partial charge in [0.05, 0.1) is 15.5 Å². The van der Waals surface area contributed by atoms with Gasteiger partial charge >= 0.3 is 0 Å². The SMILES string of the molecule is C[C@H](N)c1cccc(OCc2c(Cl)cccc2[N+](=O)[O-])c1. The molecule has 21 heavy (non-hydrogen) atoms. The van der Waals surface area contributed by atoms with E-state index in [9.17, 15) is 10.1 Å². The summed E-state index contributed by atoms with van der Waals surface area (Å²) in [6, 6.07) is 11.8. The van der Waals surface area contributed by atoms with Crippen molar-refractivity contribution in [1.29, 1.82) is 0 Å². The van der Waals surface area contributed by atoms with Crippen LogP contribution in [0.5, 0.6) is 5.75 Å². The zero-order chi connectivity index (χ0) is 15.4. The van der Waals surface area contributed by atoms with Crippen LogP contribution in [0.25, 0.3) is 0 Å². The van der Waals surface area contributed by atoms with Gasteiger partial charge in [0, 0.05) is 12.1 Å².